The van der Waals surface area contributed by atoms with Crippen LogP contribution >= 0.6 is 16.5 Å². The second-order valence-corrected chi connectivity index (χ2v) is 2.40. The Kier molecular flexibility index (Phi) is 10.6. The van der Waals surface area contributed by atoms with E-state index in [9.17, 15) is 9.13 Å². The summed E-state index contributed by atoms with van der Waals surface area (Å²) < 4.78 is 22.2. The van der Waals surface area contributed by atoms with Crippen LogP contribution in [0.4, 0.5) is 0 Å². The maximum Gasteiger partial charge on any atom is 0.745 e. The van der Waals surface area contributed by atoms with E-state index in [2.05, 4.69) is 16.6 Å². The van der Waals surface area contributed by atoms with E-state index >= 15 is 0 Å². The minimum Gasteiger partial charge on any atom is -0.405 e. The van der Waals surface area contributed by atoms with Crippen LogP contribution in [0.15, 0.2) is 12.8 Å². The summed E-state index contributed by atoms with van der Waals surface area (Å²) in [6.07, 6.45) is 1.25. The van der Waals surface area contributed by atoms with Crippen LogP contribution in [0.1, 0.15) is 0 Å². The average molecular weight is 187 g/mol. The molecular formula is C2H7NO5P2+2. The fourth-order valence-electron chi connectivity index (χ4n) is 0.0598. The lowest BCUT2D eigenvalue weighted by Crippen LogP contribution is -1.67. The van der Waals surface area contributed by atoms with E-state index < -0.39 is 16.5 Å². The van der Waals surface area contributed by atoms with Crippen LogP contribution in [0.25, 0.3) is 0 Å². The van der Waals surface area contributed by atoms with E-state index in [1.54, 1.807) is 0 Å². The third-order valence-corrected chi connectivity index (χ3v) is 1.26. The van der Waals surface area contributed by atoms with Gasteiger partial charge < -0.3 is 5.73 Å². The number of hydrogen-bond acceptors (Lipinski definition) is 4. The van der Waals surface area contributed by atoms with Crippen LogP contribution in [0.5, 0.6) is 0 Å². The Morgan fingerprint density at radius 1 is 1.40 bits per heavy atom. The topological polar surface area (TPSA) is 110 Å². The summed E-state index contributed by atoms with van der Waals surface area (Å²) in [7, 11) is -5.85. The standard InChI is InChI=1S/C2H5N.O5P2/c1-2-3;1-6(2)5-7(3)4/h2H,1,3H2;/p+2. The fourth-order valence-corrected chi connectivity index (χ4v) is 0.538. The van der Waals surface area contributed by atoms with Gasteiger partial charge in [-0.1, -0.05) is 6.58 Å². The molecule has 0 fully saturated rings. The fraction of sp³-hybridized carbons (Fsp3) is 0. The van der Waals surface area contributed by atoms with Crippen LogP contribution in [0.3, 0.4) is 0 Å². The van der Waals surface area contributed by atoms with Crippen LogP contribution < -0.4 is 5.73 Å². The minimum atomic E-state index is -2.92. The smallest absolute Gasteiger partial charge is 0.405 e. The molecule has 0 amide bonds. The quantitative estimate of drug-likeness (QED) is 0.539. The molecule has 0 saturated heterocycles. The van der Waals surface area contributed by atoms with Crippen molar-refractivity contribution in [1.82, 2.24) is 0 Å². The lowest BCUT2D eigenvalue weighted by Gasteiger charge is -1.50. The van der Waals surface area contributed by atoms with Crippen molar-refractivity contribution in [3.05, 3.63) is 12.8 Å². The predicted molar refractivity (Wildman–Crippen MR) is 35.1 cm³/mol. The monoisotopic (exact) mass is 187 g/mol. The van der Waals surface area contributed by atoms with Crippen molar-refractivity contribution in [2.45, 2.75) is 0 Å². The summed E-state index contributed by atoms with van der Waals surface area (Å²) in [5.74, 6) is 0. The zero-order chi connectivity index (χ0) is 8.57. The van der Waals surface area contributed by atoms with Crippen LogP contribution in [0, 0.1) is 0 Å². The van der Waals surface area contributed by atoms with Crippen LogP contribution in [-0.4, -0.2) is 9.79 Å². The van der Waals surface area contributed by atoms with E-state index in [1.807, 2.05) is 0 Å². The van der Waals surface area contributed by atoms with Gasteiger partial charge in [-0.05, 0) is 6.20 Å². The molecule has 4 N–H and O–H groups in total. The molecule has 0 spiro atoms. The van der Waals surface area contributed by atoms with Crippen molar-refractivity contribution in [1.29, 1.82) is 0 Å². The highest BCUT2D eigenvalue weighted by Crippen LogP contribution is 2.30. The van der Waals surface area contributed by atoms with Gasteiger partial charge in [-0.3, -0.25) is 0 Å². The van der Waals surface area contributed by atoms with Crippen molar-refractivity contribution in [3.8, 4) is 0 Å². The van der Waals surface area contributed by atoms with Crippen molar-refractivity contribution in [2.24, 2.45) is 5.73 Å². The summed E-state index contributed by atoms with van der Waals surface area (Å²) >= 11 is 0. The first-order valence-electron chi connectivity index (χ1n) is 1.87. The zero-order valence-corrected chi connectivity index (χ0v) is 6.66. The van der Waals surface area contributed by atoms with Gasteiger partial charge in [-0.2, -0.15) is 0 Å². The van der Waals surface area contributed by atoms with Gasteiger partial charge in [0.2, 0.25) is 0 Å². The molecule has 2 atom stereocenters. The summed E-state index contributed by atoms with van der Waals surface area (Å²) in [5.41, 5.74) is 4.61. The van der Waals surface area contributed by atoms with Crippen LogP contribution in [-0.2, 0) is 13.4 Å². The molecule has 58 valence electrons. The van der Waals surface area contributed by atoms with E-state index in [-0.39, 0.29) is 0 Å². The molecule has 0 aliphatic rings. The molecule has 0 aromatic carbocycles. The first kappa shape index (κ1) is 12.3. The first-order valence-corrected chi connectivity index (χ1v) is 4.13. The first-order chi connectivity index (χ1) is 4.54. The molecule has 0 aliphatic heterocycles. The number of rotatable bonds is 2. The Balaban J connectivity index is 0. The van der Waals surface area contributed by atoms with Crippen LogP contribution in [0.2, 0.25) is 0 Å². The third-order valence-electron chi connectivity index (χ3n) is 0.140. The Bertz CT molecular complexity index is 124. The summed E-state index contributed by atoms with van der Waals surface area (Å²) in [5, 5.41) is 0. The lowest BCUT2D eigenvalue weighted by molar-refractivity contribution is 0.371. The van der Waals surface area contributed by atoms with Gasteiger partial charge in [0.15, 0.2) is 4.31 Å². The molecule has 10 heavy (non-hydrogen) atoms. The van der Waals surface area contributed by atoms with E-state index in [4.69, 9.17) is 9.79 Å². The van der Waals surface area contributed by atoms with Gasteiger partial charge in [0.25, 0.3) is 0 Å². The molecule has 0 rings (SSSR count). The number of hydrogen-bond donors (Lipinski definition) is 3. The summed E-state index contributed by atoms with van der Waals surface area (Å²) in [4.78, 5) is 15.3. The normalized spacial score (nSPS) is 10.6. The molecular weight excluding hydrogens is 180 g/mol. The predicted octanol–water partition coefficient (Wildman–Crippen LogP) is 0.391. The van der Waals surface area contributed by atoms with Gasteiger partial charge in [-0.15, -0.1) is 9.79 Å². The average Bonchev–Trinajstić information content (AvgIpc) is 1.62. The Hall–Kier alpha value is -0.380. The second kappa shape index (κ2) is 8.62. The van der Waals surface area contributed by atoms with Crippen molar-refractivity contribution >= 4 is 16.5 Å². The van der Waals surface area contributed by atoms with Crippen molar-refractivity contribution < 1.29 is 23.2 Å². The molecule has 0 radical (unpaired) electrons. The molecule has 0 saturated carbocycles. The highest BCUT2D eigenvalue weighted by molar-refractivity contribution is 7.46. The second-order valence-electron chi connectivity index (χ2n) is 0.793. The largest absolute Gasteiger partial charge is 0.745 e. The Morgan fingerprint density at radius 2 is 1.60 bits per heavy atom. The maximum absolute atomic E-state index is 9.39. The number of nitrogens with two attached hydrogens (primary N) is 1. The van der Waals surface area contributed by atoms with E-state index in [1.165, 1.54) is 6.20 Å². The van der Waals surface area contributed by atoms with Gasteiger partial charge in [-0.25, -0.2) is 0 Å². The molecule has 8 heteroatoms. The minimum absolute atomic E-state index is 1.25. The summed E-state index contributed by atoms with van der Waals surface area (Å²) in [6.45, 7) is 3.14. The Labute approximate surface area is 59.2 Å². The highest BCUT2D eigenvalue weighted by Gasteiger charge is 2.31. The summed E-state index contributed by atoms with van der Waals surface area (Å²) in [6, 6.07) is 0. The maximum atomic E-state index is 9.39. The molecule has 2 unspecified atom stereocenters. The molecule has 0 bridgehead atoms. The molecule has 6 nitrogen and oxygen atoms in total. The molecule has 0 heterocycles. The SMILES string of the molecule is C=CN.O=[P+](O)O[P+](=O)O. The molecule has 0 aliphatic carbocycles. The van der Waals surface area contributed by atoms with E-state index in [0.29, 0.717) is 0 Å². The van der Waals surface area contributed by atoms with Gasteiger partial charge in [0.1, 0.15) is 0 Å². The molecule has 0 aromatic heterocycles. The van der Waals surface area contributed by atoms with E-state index in [0.717, 1.165) is 0 Å². The zero-order valence-electron chi connectivity index (χ0n) is 4.88. The molecule has 0 aromatic rings. The third kappa shape index (κ3) is 25.5. The lowest BCUT2D eigenvalue weighted by atomic mass is 11.1. The van der Waals surface area contributed by atoms with Gasteiger partial charge in [0.05, 0.1) is 0 Å². The Morgan fingerprint density at radius 3 is 1.60 bits per heavy atom. The van der Waals surface area contributed by atoms with Crippen molar-refractivity contribution in [2.75, 3.05) is 0 Å². The highest BCUT2D eigenvalue weighted by atomic mass is 31.2. The van der Waals surface area contributed by atoms with Crippen molar-refractivity contribution in [3.63, 3.8) is 0 Å². The van der Waals surface area contributed by atoms with Gasteiger partial charge in [0, 0.05) is 9.13 Å². The van der Waals surface area contributed by atoms with Gasteiger partial charge >= 0.3 is 16.5 Å².